The highest BCUT2D eigenvalue weighted by Gasteiger charge is 2.20. The predicted molar refractivity (Wildman–Crippen MR) is 40.7 cm³/mol. The van der Waals surface area contributed by atoms with Crippen LogP contribution in [0.15, 0.2) is 0 Å². The Bertz CT molecular complexity index is 146. The molecule has 0 aliphatic heterocycles. The number of ether oxygens (including phenoxy) is 1. The van der Waals surface area contributed by atoms with Crippen molar-refractivity contribution in [2.24, 2.45) is 5.92 Å². The maximum Gasteiger partial charge on any atom is 0.320 e. The Morgan fingerprint density at radius 3 is 2.27 bits per heavy atom. The predicted octanol–water partition coefficient (Wildman–Crippen LogP) is 0.692. The average molecular weight is 183 g/mol. The summed E-state index contributed by atoms with van der Waals surface area (Å²) in [5.74, 6) is -2.89. The monoisotopic (exact) mass is 182 g/mol. The minimum atomic E-state index is -1.15. The number of carbonyl (C=O) groups excluding carboxylic acids is 1. The van der Waals surface area contributed by atoms with Crippen molar-refractivity contribution in [2.45, 2.75) is 13.8 Å². The molecule has 0 saturated carbocycles. The first-order chi connectivity index (χ1) is 4.59. The molecule has 1 N–H and O–H groups in total. The Morgan fingerprint density at radius 1 is 1.55 bits per heavy atom. The molecule has 0 amide bonds. The van der Waals surface area contributed by atoms with Crippen LogP contribution in [0.4, 0.5) is 0 Å². The highest BCUT2D eigenvalue weighted by molar-refractivity contribution is 5.93. The van der Waals surface area contributed by atoms with E-state index in [1.165, 1.54) is 6.92 Å². The van der Waals surface area contributed by atoms with Crippen LogP contribution in [0, 0.1) is 5.92 Å². The topological polar surface area (TPSA) is 63.6 Å². The van der Waals surface area contributed by atoms with Crippen LogP contribution >= 0.6 is 12.4 Å². The molecule has 0 bridgehead atoms. The lowest BCUT2D eigenvalue weighted by atomic mass is 10.2. The molecule has 0 rings (SSSR count). The van der Waals surface area contributed by atoms with Crippen LogP contribution in [-0.4, -0.2) is 23.7 Å². The van der Waals surface area contributed by atoms with Gasteiger partial charge in [-0.3, -0.25) is 9.59 Å². The van der Waals surface area contributed by atoms with Gasteiger partial charge in [0.15, 0.2) is 5.92 Å². The molecule has 0 aliphatic rings. The number of aliphatic carboxylic acids is 1. The van der Waals surface area contributed by atoms with E-state index < -0.39 is 17.9 Å². The first kappa shape index (κ1) is 12.9. The van der Waals surface area contributed by atoms with Crippen molar-refractivity contribution in [1.82, 2.24) is 0 Å². The van der Waals surface area contributed by atoms with Crippen LogP contribution in [0.1, 0.15) is 13.8 Å². The van der Waals surface area contributed by atoms with Gasteiger partial charge in [-0.1, -0.05) is 0 Å². The number of hydrogen-bond donors (Lipinski definition) is 1. The van der Waals surface area contributed by atoms with E-state index in [0.29, 0.717) is 0 Å². The van der Waals surface area contributed by atoms with E-state index in [4.69, 9.17) is 5.11 Å². The zero-order valence-electron chi connectivity index (χ0n) is 6.36. The molecule has 0 spiro atoms. The third-order valence-corrected chi connectivity index (χ3v) is 1.01. The zero-order chi connectivity index (χ0) is 8.15. The lowest BCUT2D eigenvalue weighted by molar-refractivity contribution is -0.157. The van der Waals surface area contributed by atoms with E-state index in [-0.39, 0.29) is 19.0 Å². The molecule has 0 fully saturated rings. The van der Waals surface area contributed by atoms with Gasteiger partial charge in [-0.15, -0.1) is 12.4 Å². The lowest BCUT2D eigenvalue weighted by Gasteiger charge is -2.03. The maximum absolute atomic E-state index is 10.6. The molecule has 0 heterocycles. The van der Waals surface area contributed by atoms with Crippen molar-refractivity contribution in [2.75, 3.05) is 6.61 Å². The summed E-state index contributed by atoms with van der Waals surface area (Å²) in [5, 5.41) is 8.28. The Labute approximate surface area is 70.9 Å². The molecule has 0 aromatic rings. The summed E-state index contributed by atoms with van der Waals surface area (Å²) < 4.78 is 4.45. The summed E-state index contributed by atoms with van der Waals surface area (Å²) in [7, 11) is 0. The largest absolute Gasteiger partial charge is 0.481 e. The van der Waals surface area contributed by atoms with Gasteiger partial charge in [-0.25, -0.2) is 0 Å². The number of carboxylic acids is 1. The molecule has 0 aromatic heterocycles. The Balaban J connectivity index is 0. The van der Waals surface area contributed by atoms with Crippen molar-refractivity contribution in [3.8, 4) is 0 Å². The second kappa shape index (κ2) is 5.97. The third-order valence-electron chi connectivity index (χ3n) is 1.01. The molecule has 0 aromatic carbocycles. The summed E-state index contributed by atoms with van der Waals surface area (Å²) >= 11 is 0. The summed E-state index contributed by atoms with van der Waals surface area (Å²) in [6, 6.07) is 0. The van der Waals surface area contributed by atoms with E-state index in [9.17, 15) is 9.59 Å². The summed E-state index contributed by atoms with van der Waals surface area (Å²) in [6.07, 6.45) is 0. The van der Waals surface area contributed by atoms with Gasteiger partial charge < -0.3 is 9.84 Å². The van der Waals surface area contributed by atoms with E-state index in [0.717, 1.165) is 0 Å². The Hall–Kier alpha value is -0.770. The van der Waals surface area contributed by atoms with Crippen LogP contribution in [0.3, 0.4) is 0 Å². The molecule has 1 unspecified atom stereocenters. The molecular formula is C6H11ClO4. The fourth-order valence-corrected chi connectivity index (χ4v) is 0.368. The van der Waals surface area contributed by atoms with Gasteiger partial charge in [0, 0.05) is 0 Å². The number of carboxylic acid groups (broad SMARTS) is 1. The SMILES string of the molecule is CCOC(=O)C(C)C(=O)O.Cl. The fraction of sp³-hybridized carbons (Fsp3) is 0.667. The van der Waals surface area contributed by atoms with Crippen LogP contribution in [0.5, 0.6) is 0 Å². The molecule has 66 valence electrons. The van der Waals surface area contributed by atoms with Crippen molar-refractivity contribution < 1.29 is 19.4 Å². The van der Waals surface area contributed by atoms with Crippen LogP contribution < -0.4 is 0 Å². The number of esters is 1. The number of rotatable bonds is 3. The second-order valence-electron chi connectivity index (χ2n) is 1.81. The van der Waals surface area contributed by atoms with E-state index in [2.05, 4.69) is 4.74 Å². The van der Waals surface area contributed by atoms with Gasteiger partial charge in [-0.05, 0) is 13.8 Å². The quantitative estimate of drug-likeness (QED) is 0.515. The zero-order valence-corrected chi connectivity index (χ0v) is 7.18. The second-order valence-corrected chi connectivity index (χ2v) is 1.81. The van der Waals surface area contributed by atoms with Crippen LogP contribution in [-0.2, 0) is 14.3 Å². The maximum atomic E-state index is 10.6. The molecule has 11 heavy (non-hydrogen) atoms. The van der Waals surface area contributed by atoms with Crippen LogP contribution in [0.25, 0.3) is 0 Å². The van der Waals surface area contributed by atoms with Gasteiger partial charge in [0.1, 0.15) is 0 Å². The summed E-state index contributed by atoms with van der Waals surface area (Å²) in [4.78, 5) is 20.7. The fourth-order valence-electron chi connectivity index (χ4n) is 0.368. The molecule has 1 atom stereocenters. The molecule has 0 radical (unpaired) electrons. The average Bonchev–Trinajstić information content (AvgIpc) is 1.87. The Kier molecular flexibility index (Phi) is 6.99. The number of hydrogen-bond acceptors (Lipinski definition) is 3. The standard InChI is InChI=1S/C6H10O4.ClH/c1-3-10-6(9)4(2)5(7)8;/h4H,3H2,1-2H3,(H,7,8);1H. The molecule has 0 saturated heterocycles. The molecular weight excluding hydrogens is 172 g/mol. The smallest absolute Gasteiger partial charge is 0.320 e. The van der Waals surface area contributed by atoms with E-state index in [1.807, 2.05) is 0 Å². The summed E-state index contributed by atoms with van der Waals surface area (Å²) in [5.41, 5.74) is 0. The number of halogens is 1. The van der Waals surface area contributed by atoms with Gasteiger partial charge >= 0.3 is 11.9 Å². The highest BCUT2D eigenvalue weighted by atomic mass is 35.5. The van der Waals surface area contributed by atoms with Crippen molar-refractivity contribution in [1.29, 1.82) is 0 Å². The third kappa shape index (κ3) is 4.61. The number of carbonyl (C=O) groups is 2. The molecule has 5 heteroatoms. The van der Waals surface area contributed by atoms with Gasteiger partial charge in [0.2, 0.25) is 0 Å². The van der Waals surface area contributed by atoms with Crippen molar-refractivity contribution in [3.63, 3.8) is 0 Å². The van der Waals surface area contributed by atoms with E-state index in [1.54, 1.807) is 6.92 Å². The first-order valence-corrected chi connectivity index (χ1v) is 2.99. The molecule has 4 nitrogen and oxygen atoms in total. The first-order valence-electron chi connectivity index (χ1n) is 2.99. The lowest BCUT2D eigenvalue weighted by Crippen LogP contribution is -2.22. The Morgan fingerprint density at radius 2 is 2.00 bits per heavy atom. The van der Waals surface area contributed by atoms with Gasteiger partial charge in [-0.2, -0.15) is 0 Å². The minimum absolute atomic E-state index is 0. The van der Waals surface area contributed by atoms with Gasteiger partial charge in [0.05, 0.1) is 6.61 Å². The minimum Gasteiger partial charge on any atom is -0.481 e. The summed E-state index contributed by atoms with van der Waals surface area (Å²) in [6.45, 7) is 3.14. The van der Waals surface area contributed by atoms with Gasteiger partial charge in [0.25, 0.3) is 0 Å². The normalized spacial score (nSPS) is 11.1. The van der Waals surface area contributed by atoms with Crippen molar-refractivity contribution in [3.05, 3.63) is 0 Å². The van der Waals surface area contributed by atoms with Crippen LogP contribution in [0.2, 0.25) is 0 Å². The molecule has 0 aliphatic carbocycles. The van der Waals surface area contributed by atoms with Crippen molar-refractivity contribution >= 4 is 24.3 Å². The van der Waals surface area contributed by atoms with E-state index >= 15 is 0 Å². The highest BCUT2D eigenvalue weighted by Crippen LogP contribution is 1.97.